The van der Waals surface area contributed by atoms with Crippen LogP contribution in [0.2, 0.25) is 0 Å². The van der Waals surface area contributed by atoms with Crippen LogP contribution in [-0.4, -0.2) is 19.5 Å². The van der Waals surface area contributed by atoms with Gasteiger partial charge in [-0.25, -0.2) is 4.98 Å². The van der Waals surface area contributed by atoms with Crippen LogP contribution in [0.15, 0.2) is 65.6 Å². The molecule has 0 aliphatic heterocycles. The number of nitrogens with zero attached hydrogens (tertiary/aromatic N) is 4. The van der Waals surface area contributed by atoms with E-state index in [0.29, 0.717) is 22.3 Å². The summed E-state index contributed by atoms with van der Waals surface area (Å²) in [6.45, 7) is 1.90. The van der Waals surface area contributed by atoms with E-state index in [2.05, 4.69) is 16.0 Å². The van der Waals surface area contributed by atoms with Gasteiger partial charge in [-0.2, -0.15) is 5.26 Å². The normalized spacial score (nSPS) is 11.4. The first kappa shape index (κ1) is 18.8. The third-order valence-electron chi connectivity index (χ3n) is 4.65. The maximum Gasteiger partial charge on any atom is 0.269 e. The number of nitriles is 1. The van der Waals surface area contributed by atoms with E-state index < -0.39 is 4.92 Å². The Hall–Kier alpha value is -4.51. The van der Waals surface area contributed by atoms with Crippen LogP contribution < -0.4 is 5.56 Å². The molecular weight excluding hydrogens is 382 g/mol. The minimum atomic E-state index is -0.461. The second-order valence-electron chi connectivity index (χ2n) is 6.68. The molecule has 2 heterocycles. The summed E-state index contributed by atoms with van der Waals surface area (Å²) in [5.41, 5.74) is 2.70. The Kier molecular flexibility index (Phi) is 4.70. The summed E-state index contributed by atoms with van der Waals surface area (Å²) in [7, 11) is 0. The molecular formula is C22H15N5O3. The molecule has 0 amide bonds. The van der Waals surface area contributed by atoms with Crippen LogP contribution in [0.4, 0.5) is 5.69 Å². The van der Waals surface area contributed by atoms with Crippen molar-refractivity contribution in [2.75, 3.05) is 0 Å². The number of aromatic amines is 1. The second kappa shape index (κ2) is 7.48. The minimum absolute atomic E-state index is 0.00561. The van der Waals surface area contributed by atoms with E-state index in [9.17, 15) is 20.2 Å². The lowest BCUT2D eigenvalue weighted by Gasteiger charge is -2.07. The van der Waals surface area contributed by atoms with Crippen molar-refractivity contribution in [3.8, 4) is 11.8 Å². The van der Waals surface area contributed by atoms with Gasteiger partial charge in [-0.05, 0) is 55.0 Å². The molecule has 2 aromatic heterocycles. The van der Waals surface area contributed by atoms with Crippen LogP contribution in [-0.2, 0) is 0 Å². The Bertz CT molecular complexity index is 1410. The number of nitro groups is 1. The van der Waals surface area contributed by atoms with E-state index in [-0.39, 0.29) is 22.6 Å². The van der Waals surface area contributed by atoms with Gasteiger partial charge in [0.15, 0.2) is 5.82 Å². The van der Waals surface area contributed by atoms with Gasteiger partial charge in [0.2, 0.25) is 0 Å². The summed E-state index contributed by atoms with van der Waals surface area (Å²) >= 11 is 0. The molecule has 1 N–H and O–H groups in total. The molecule has 146 valence electrons. The molecule has 4 aromatic rings. The monoisotopic (exact) mass is 397 g/mol. The lowest BCUT2D eigenvalue weighted by Crippen LogP contribution is -2.11. The highest BCUT2D eigenvalue weighted by molar-refractivity contribution is 5.89. The number of fused-ring (bicyclic) bond motifs is 1. The van der Waals surface area contributed by atoms with Crippen molar-refractivity contribution < 1.29 is 4.92 Å². The number of hydrogen-bond donors (Lipinski definition) is 1. The van der Waals surface area contributed by atoms with Crippen molar-refractivity contribution >= 4 is 28.2 Å². The molecule has 8 nitrogen and oxygen atoms in total. The number of H-pyrrole nitrogens is 1. The van der Waals surface area contributed by atoms with Gasteiger partial charge in [-0.15, -0.1) is 0 Å². The summed E-state index contributed by atoms with van der Waals surface area (Å²) in [5, 5.41) is 21.0. The fourth-order valence-corrected chi connectivity index (χ4v) is 3.16. The predicted octanol–water partition coefficient (Wildman–Crippen LogP) is 3.99. The molecule has 0 fully saturated rings. The predicted molar refractivity (Wildman–Crippen MR) is 113 cm³/mol. The Labute approximate surface area is 170 Å². The van der Waals surface area contributed by atoms with Gasteiger partial charge in [0.05, 0.1) is 21.4 Å². The standard InChI is InChI=1S/C22H15N5O3/c1-14-4-9-19-20(11-14)24-21(25-22(19)28)15(13-23)12-18-3-2-10-26(18)16-5-7-17(8-6-16)27(29)30/h2-12H,1H3,(H,24,25,28). The van der Waals surface area contributed by atoms with Crippen molar-refractivity contribution in [1.29, 1.82) is 5.26 Å². The molecule has 8 heteroatoms. The van der Waals surface area contributed by atoms with Gasteiger partial charge in [0.25, 0.3) is 11.2 Å². The number of benzene rings is 2. The number of aryl methyl sites for hydroxylation is 1. The quantitative estimate of drug-likeness (QED) is 0.317. The number of nitro benzene ring substituents is 1. The first-order chi connectivity index (χ1) is 14.5. The number of nitrogens with one attached hydrogen (secondary N) is 1. The summed E-state index contributed by atoms with van der Waals surface area (Å²) < 4.78 is 1.78. The molecule has 0 saturated heterocycles. The summed E-state index contributed by atoms with van der Waals surface area (Å²) in [6.07, 6.45) is 3.39. The zero-order valence-corrected chi connectivity index (χ0v) is 15.9. The van der Waals surface area contributed by atoms with Crippen LogP contribution >= 0.6 is 0 Å². The fourth-order valence-electron chi connectivity index (χ4n) is 3.16. The lowest BCUT2D eigenvalue weighted by molar-refractivity contribution is -0.384. The molecule has 2 aromatic carbocycles. The molecule has 0 aliphatic rings. The highest BCUT2D eigenvalue weighted by Crippen LogP contribution is 2.21. The number of aromatic nitrogens is 3. The number of rotatable bonds is 4. The van der Waals surface area contributed by atoms with Crippen LogP contribution in [0.25, 0.3) is 28.2 Å². The zero-order valence-electron chi connectivity index (χ0n) is 15.9. The van der Waals surface area contributed by atoms with Crippen molar-refractivity contribution in [3.63, 3.8) is 0 Å². The van der Waals surface area contributed by atoms with Gasteiger partial charge < -0.3 is 9.55 Å². The van der Waals surface area contributed by atoms with E-state index >= 15 is 0 Å². The molecule has 0 aliphatic carbocycles. The average molecular weight is 397 g/mol. The lowest BCUT2D eigenvalue weighted by atomic mass is 10.1. The number of allylic oxidation sites excluding steroid dienone is 1. The van der Waals surface area contributed by atoms with Gasteiger partial charge in [-0.3, -0.25) is 14.9 Å². The van der Waals surface area contributed by atoms with E-state index in [4.69, 9.17) is 0 Å². The van der Waals surface area contributed by atoms with Crippen molar-refractivity contribution in [1.82, 2.24) is 14.5 Å². The average Bonchev–Trinajstić information content (AvgIpc) is 3.19. The smallest absolute Gasteiger partial charge is 0.269 e. The van der Waals surface area contributed by atoms with Crippen molar-refractivity contribution in [2.45, 2.75) is 6.92 Å². The maximum atomic E-state index is 12.4. The molecule has 0 radical (unpaired) electrons. The van der Waals surface area contributed by atoms with Gasteiger partial charge in [0, 0.05) is 29.7 Å². The van der Waals surface area contributed by atoms with Crippen molar-refractivity contribution in [2.24, 2.45) is 0 Å². The van der Waals surface area contributed by atoms with E-state index in [1.807, 2.05) is 13.0 Å². The largest absolute Gasteiger partial charge is 0.317 e. The highest BCUT2D eigenvalue weighted by Gasteiger charge is 2.11. The Morgan fingerprint density at radius 3 is 2.70 bits per heavy atom. The second-order valence-corrected chi connectivity index (χ2v) is 6.68. The Morgan fingerprint density at radius 1 is 1.23 bits per heavy atom. The number of non-ortho nitro benzene ring substituents is 1. The van der Waals surface area contributed by atoms with E-state index in [0.717, 1.165) is 5.56 Å². The van der Waals surface area contributed by atoms with Crippen LogP contribution in [0.1, 0.15) is 17.1 Å². The first-order valence-electron chi connectivity index (χ1n) is 9.01. The van der Waals surface area contributed by atoms with Crippen LogP contribution in [0, 0.1) is 28.4 Å². The Balaban J connectivity index is 1.79. The fraction of sp³-hybridized carbons (Fsp3) is 0.0455. The third-order valence-corrected chi connectivity index (χ3v) is 4.65. The van der Waals surface area contributed by atoms with Crippen LogP contribution in [0.5, 0.6) is 0 Å². The van der Waals surface area contributed by atoms with Gasteiger partial charge in [0.1, 0.15) is 6.07 Å². The summed E-state index contributed by atoms with van der Waals surface area (Å²) in [6, 6.07) is 17.1. The molecule has 0 unspecified atom stereocenters. The van der Waals surface area contributed by atoms with Crippen LogP contribution in [0.3, 0.4) is 0 Å². The minimum Gasteiger partial charge on any atom is -0.317 e. The van der Waals surface area contributed by atoms with Crippen molar-refractivity contribution in [3.05, 3.63) is 98.3 Å². The zero-order chi connectivity index (χ0) is 21.3. The Morgan fingerprint density at radius 2 is 2.00 bits per heavy atom. The summed E-state index contributed by atoms with van der Waals surface area (Å²) in [4.78, 5) is 29.9. The first-order valence-corrected chi connectivity index (χ1v) is 9.01. The summed E-state index contributed by atoms with van der Waals surface area (Å²) in [5.74, 6) is 0.178. The number of hydrogen-bond acceptors (Lipinski definition) is 5. The highest BCUT2D eigenvalue weighted by atomic mass is 16.6. The molecule has 30 heavy (non-hydrogen) atoms. The van der Waals surface area contributed by atoms with E-state index in [1.54, 1.807) is 53.2 Å². The van der Waals surface area contributed by atoms with E-state index in [1.165, 1.54) is 12.1 Å². The molecule has 0 bridgehead atoms. The third kappa shape index (κ3) is 3.47. The molecule has 0 saturated carbocycles. The molecule has 0 spiro atoms. The topological polar surface area (TPSA) is 118 Å². The van der Waals surface area contributed by atoms with Gasteiger partial charge in [-0.1, -0.05) is 6.07 Å². The SMILES string of the molecule is Cc1ccc2c(=O)[nH]c(C(C#N)=Cc3cccn3-c3ccc([N+](=O)[O-])cc3)nc2c1. The maximum absolute atomic E-state index is 12.4. The molecule has 4 rings (SSSR count). The van der Waals surface area contributed by atoms with Gasteiger partial charge >= 0.3 is 0 Å². The molecule has 0 atom stereocenters.